The van der Waals surface area contributed by atoms with Crippen LogP contribution in [0.5, 0.6) is 11.5 Å². The topological polar surface area (TPSA) is 84.9 Å². The van der Waals surface area contributed by atoms with E-state index in [0.717, 1.165) is 4.31 Å². The van der Waals surface area contributed by atoms with Crippen molar-refractivity contribution >= 4 is 33.2 Å². The van der Waals surface area contributed by atoms with Crippen LogP contribution in [0.15, 0.2) is 71.6 Å². The van der Waals surface area contributed by atoms with Crippen molar-refractivity contribution in [3.63, 3.8) is 0 Å². The molecule has 3 aromatic carbocycles. The van der Waals surface area contributed by atoms with Crippen LogP contribution >= 0.6 is 11.6 Å². The Kier molecular flexibility index (Phi) is 8.06. The molecule has 0 heterocycles. The van der Waals surface area contributed by atoms with Crippen LogP contribution in [0.2, 0.25) is 5.02 Å². The van der Waals surface area contributed by atoms with Gasteiger partial charge in [-0.25, -0.2) is 8.42 Å². The first-order chi connectivity index (χ1) is 16.2. The van der Waals surface area contributed by atoms with Gasteiger partial charge in [0.25, 0.3) is 10.0 Å². The summed E-state index contributed by atoms with van der Waals surface area (Å²) in [6.45, 7) is 3.07. The Balaban J connectivity index is 1.94. The van der Waals surface area contributed by atoms with Gasteiger partial charge in [-0.1, -0.05) is 35.9 Å². The smallest absolute Gasteiger partial charge is 0.264 e. The highest BCUT2D eigenvalue weighted by Gasteiger charge is 2.29. The average molecular weight is 503 g/mol. The fraction of sp³-hybridized carbons (Fsp3) is 0.240. The molecule has 1 atom stereocenters. The number of rotatable bonds is 9. The summed E-state index contributed by atoms with van der Waals surface area (Å²) in [5, 5.41) is 3.27. The lowest BCUT2D eigenvalue weighted by molar-refractivity contribution is -0.120. The molecule has 0 fully saturated rings. The van der Waals surface area contributed by atoms with Gasteiger partial charge < -0.3 is 14.8 Å². The number of hydrogen-bond acceptors (Lipinski definition) is 5. The molecule has 7 nitrogen and oxygen atoms in total. The summed E-state index contributed by atoms with van der Waals surface area (Å²) in [6, 6.07) is 17.7. The molecule has 3 aromatic rings. The molecule has 0 bridgehead atoms. The summed E-state index contributed by atoms with van der Waals surface area (Å²) in [4.78, 5) is 13.2. The maximum atomic E-state index is 13.5. The number of hydrogen-bond donors (Lipinski definition) is 1. The largest absolute Gasteiger partial charge is 0.497 e. The molecule has 9 heteroatoms. The van der Waals surface area contributed by atoms with Gasteiger partial charge >= 0.3 is 0 Å². The highest BCUT2D eigenvalue weighted by molar-refractivity contribution is 7.92. The van der Waals surface area contributed by atoms with Crippen LogP contribution in [0.3, 0.4) is 0 Å². The van der Waals surface area contributed by atoms with Gasteiger partial charge in [-0.15, -0.1) is 0 Å². The maximum absolute atomic E-state index is 13.5. The summed E-state index contributed by atoms with van der Waals surface area (Å²) < 4.78 is 38.8. The monoisotopic (exact) mass is 502 g/mol. The molecule has 0 aliphatic heterocycles. The number of carbonyl (C=O) groups excluding carboxylic acids is 1. The van der Waals surface area contributed by atoms with E-state index in [1.54, 1.807) is 75.6 Å². The van der Waals surface area contributed by atoms with Gasteiger partial charge in [0.2, 0.25) is 5.91 Å². The van der Waals surface area contributed by atoms with Gasteiger partial charge in [-0.2, -0.15) is 0 Å². The minimum Gasteiger partial charge on any atom is -0.497 e. The minimum absolute atomic E-state index is 0.0738. The molecule has 0 spiro atoms. The van der Waals surface area contributed by atoms with Crippen molar-refractivity contribution in [1.29, 1.82) is 0 Å². The molecule has 0 saturated carbocycles. The van der Waals surface area contributed by atoms with Crippen LogP contribution in [0.4, 0.5) is 5.69 Å². The Morgan fingerprint density at radius 3 is 2.38 bits per heavy atom. The van der Waals surface area contributed by atoms with Crippen molar-refractivity contribution < 1.29 is 22.7 Å². The zero-order valence-electron chi connectivity index (χ0n) is 19.4. The van der Waals surface area contributed by atoms with Crippen LogP contribution in [0.1, 0.15) is 24.1 Å². The van der Waals surface area contributed by atoms with E-state index in [-0.39, 0.29) is 4.90 Å². The van der Waals surface area contributed by atoms with Crippen molar-refractivity contribution in [2.45, 2.75) is 24.8 Å². The Morgan fingerprint density at radius 1 is 1.03 bits per heavy atom. The van der Waals surface area contributed by atoms with Crippen LogP contribution in [-0.2, 0) is 14.8 Å². The van der Waals surface area contributed by atoms with Crippen molar-refractivity contribution in [3.8, 4) is 11.5 Å². The van der Waals surface area contributed by atoms with E-state index in [9.17, 15) is 13.2 Å². The average Bonchev–Trinajstić information content (AvgIpc) is 2.84. The summed E-state index contributed by atoms with van der Waals surface area (Å²) in [6.07, 6.45) is 0. The molecule has 0 aliphatic rings. The van der Waals surface area contributed by atoms with Gasteiger partial charge in [0.1, 0.15) is 18.0 Å². The van der Waals surface area contributed by atoms with Crippen LogP contribution in [0, 0.1) is 6.92 Å². The molecular weight excluding hydrogens is 476 g/mol. The molecule has 180 valence electrons. The summed E-state index contributed by atoms with van der Waals surface area (Å²) in [5.74, 6) is 0.698. The lowest BCUT2D eigenvalue weighted by atomic mass is 10.1. The van der Waals surface area contributed by atoms with Gasteiger partial charge in [0.05, 0.1) is 30.8 Å². The SMILES string of the molecule is COc1ccc(OC)c([C@H](C)NC(=O)CN(c2cccc(Cl)c2C)S(=O)(=O)c2ccccc2)c1. The zero-order chi connectivity index (χ0) is 24.9. The van der Waals surface area contributed by atoms with Gasteiger partial charge in [-0.3, -0.25) is 9.10 Å². The van der Waals surface area contributed by atoms with E-state index in [2.05, 4.69) is 5.32 Å². The molecule has 1 N–H and O–H groups in total. The number of nitrogens with zero attached hydrogens (tertiary/aromatic N) is 1. The Morgan fingerprint density at radius 2 is 1.74 bits per heavy atom. The number of benzene rings is 3. The first-order valence-electron chi connectivity index (χ1n) is 10.5. The van der Waals surface area contributed by atoms with Crippen molar-refractivity contribution in [3.05, 3.63) is 82.9 Å². The highest BCUT2D eigenvalue weighted by atomic mass is 35.5. The quantitative estimate of drug-likeness (QED) is 0.457. The molecule has 3 rings (SSSR count). The lowest BCUT2D eigenvalue weighted by Gasteiger charge is -2.27. The second kappa shape index (κ2) is 10.8. The molecule has 0 aliphatic carbocycles. The third-order valence-electron chi connectivity index (χ3n) is 5.41. The number of ether oxygens (including phenoxy) is 2. The van der Waals surface area contributed by atoms with Crippen LogP contribution in [-0.4, -0.2) is 35.1 Å². The Hall–Kier alpha value is -3.23. The third-order valence-corrected chi connectivity index (χ3v) is 7.59. The van der Waals surface area contributed by atoms with E-state index >= 15 is 0 Å². The first kappa shape index (κ1) is 25.4. The Labute approximate surface area is 205 Å². The number of nitrogens with one attached hydrogen (secondary N) is 1. The number of sulfonamides is 1. The highest BCUT2D eigenvalue weighted by Crippen LogP contribution is 2.32. The second-order valence-electron chi connectivity index (χ2n) is 7.61. The number of methoxy groups -OCH3 is 2. The predicted octanol–water partition coefficient (Wildman–Crippen LogP) is 4.74. The van der Waals surface area contributed by atoms with Crippen molar-refractivity contribution in [2.24, 2.45) is 0 Å². The normalized spacial score (nSPS) is 12.0. The van der Waals surface area contributed by atoms with E-state index in [0.29, 0.717) is 33.3 Å². The molecule has 0 saturated heterocycles. The standard InChI is InChI=1S/C25H27ClN2O5S/c1-17-22(26)11-8-12-23(17)28(34(30,31)20-9-6-5-7-10-20)16-25(29)27-18(2)21-15-19(32-3)13-14-24(21)33-4/h5-15,18H,16H2,1-4H3,(H,27,29)/t18-/m0/s1. The van der Waals surface area contributed by atoms with Crippen LogP contribution < -0.4 is 19.1 Å². The van der Waals surface area contributed by atoms with Gasteiger partial charge in [0.15, 0.2) is 0 Å². The molecular formula is C25H27ClN2O5S. The second-order valence-corrected chi connectivity index (χ2v) is 9.88. The number of carbonyl (C=O) groups is 1. The molecule has 1 amide bonds. The number of amides is 1. The zero-order valence-corrected chi connectivity index (χ0v) is 21.0. The minimum atomic E-state index is -4.04. The van der Waals surface area contributed by atoms with Crippen molar-refractivity contribution in [1.82, 2.24) is 5.32 Å². The molecule has 34 heavy (non-hydrogen) atoms. The predicted molar refractivity (Wildman–Crippen MR) is 133 cm³/mol. The number of halogens is 1. The third kappa shape index (κ3) is 5.46. The molecule has 0 unspecified atom stereocenters. The fourth-order valence-corrected chi connectivity index (χ4v) is 5.23. The Bertz CT molecular complexity index is 1270. The van der Waals surface area contributed by atoms with Crippen LogP contribution in [0.25, 0.3) is 0 Å². The summed E-state index contributed by atoms with van der Waals surface area (Å²) in [5.41, 5.74) is 1.59. The van der Waals surface area contributed by atoms with E-state index in [1.165, 1.54) is 19.2 Å². The summed E-state index contributed by atoms with van der Waals surface area (Å²) >= 11 is 6.27. The molecule has 0 aromatic heterocycles. The summed E-state index contributed by atoms with van der Waals surface area (Å²) in [7, 11) is -0.955. The first-order valence-corrected chi connectivity index (χ1v) is 12.3. The van der Waals surface area contributed by atoms with E-state index < -0.39 is 28.5 Å². The number of anilines is 1. The lowest BCUT2D eigenvalue weighted by Crippen LogP contribution is -2.42. The fourth-order valence-electron chi connectivity index (χ4n) is 3.56. The maximum Gasteiger partial charge on any atom is 0.264 e. The van der Waals surface area contributed by atoms with E-state index in [4.69, 9.17) is 21.1 Å². The van der Waals surface area contributed by atoms with Crippen molar-refractivity contribution in [2.75, 3.05) is 25.1 Å². The van der Waals surface area contributed by atoms with Gasteiger partial charge in [0, 0.05) is 10.6 Å². The van der Waals surface area contributed by atoms with Gasteiger partial charge in [-0.05, 0) is 61.9 Å². The van der Waals surface area contributed by atoms with E-state index in [1.807, 2.05) is 0 Å². The molecule has 0 radical (unpaired) electrons.